The molecule has 1 aromatic carbocycles. The summed E-state index contributed by atoms with van der Waals surface area (Å²) in [5, 5.41) is 12.2. The topological polar surface area (TPSA) is 84.6 Å². The van der Waals surface area contributed by atoms with Crippen LogP contribution in [0.1, 0.15) is 22.1 Å². The number of aliphatic hydroxyl groups is 1. The minimum atomic E-state index is -1.04. The molecule has 1 unspecified atom stereocenters. The van der Waals surface area contributed by atoms with Crippen LogP contribution in [-0.4, -0.2) is 35.3 Å². The normalized spacial score (nSPS) is 12.0. The summed E-state index contributed by atoms with van der Waals surface area (Å²) in [6.07, 6.45) is -1.03. The Morgan fingerprint density at radius 3 is 2.74 bits per heavy atom. The van der Waals surface area contributed by atoms with Gasteiger partial charge in [-0.2, -0.15) is 0 Å². The van der Waals surface area contributed by atoms with Gasteiger partial charge in [-0.25, -0.2) is 13.8 Å². The van der Waals surface area contributed by atoms with Crippen molar-refractivity contribution in [2.24, 2.45) is 0 Å². The lowest BCUT2D eigenvalue weighted by molar-refractivity contribution is 0.0820. The number of halogens is 2. The van der Waals surface area contributed by atoms with Gasteiger partial charge in [-0.3, -0.25) is 4.79 Å². The molecule has 1 heterocycles. The lowest BCUT2D eigenvalue weighted by atomic mass is 10.3. The maximum absolute atomic E-state index is 13.0. The third-order valence-corrected chi connectivity index (χ3v) is 2.94. The first-order valence-corrected chi connectivity index (χ1v) is 6.85. The Morgan fingerprint density at radius 2 is 2.13 bits per heavy atom. The number of aliphatic hydroxyl groups excluding tert-OH is 1. The Labute approximate surface area is 131 Å². The fraction of sp³-hybridized carbons (Fsp3) is 0.333. The highest BCUT2D eigenvalue weighted by Crippen LogP contribution is 2.15. The number of rotatable bonds is 6. The van der Waals surface area contributed by atoms with Gasteiger partial charge in [0.2, 0.25) is 5.76 Å². The molecule has 23 heavy (non-hydrogen) atoms. The minimum Gasteiger partial charge on any atom is -0.491 e. The lowest BCUT2D eigenvalue weighted by Gasteiger charge is -2.13. The second-order valence-electron chi connectivity index (χ2n) is 4.90. The third-order valence-electron chi connectivity index (χ3n) is 2.94. The molecule has 1 amide bonds. The van der Waals surface area contributed by atoms with Crippen LogP contribution in [0.3, 0.4) is 0 Å². The van der Waals surface area contributed by atoms with E-state index in [9.17, 15) is 18.7 Å². The van der Waals surface area contributed by atoms with Crippen molar-refractivity contribution in [1.82, 2.24) is 10.3 Å². The van der Waals surface area contributed by atoms with Gasteiger partial charge in [-0.1, -0.05) is 0 Å². The van der Waals surface area contributed by atoms with E-state index in [1.54, 1.807) is 13.8 Å². The van der Waals surface area contributed by atoms with Crippen molar-refractivity contribution in [2.75, 3.05) is 13.2 Å². The molecular weight excluding hydrogens is 310 g/mol. The van der Waals surface area contributed by atoms with Crippen molar-refractivity contribution < 1.29 is 27.8 Å². The number of aryl methyl sites for hydroxylation is 2. The van der Waals surface area contributed by atoms with E-state index in [4.69, 9.17) is 9.15 Å². The second-order valence-corrected chi connectivity index (χ2v) is 4.90. The molecule has 0 saturated carbocycles. The zero-order chi connectivity index (χ0) is 17.0. The van der Waals surface area contributed by atoms with Gasteiger partial charge in [-0.15, -0.1) is 0 Å². The van der Waals surface area contributed by atoms with Crippen molar-refractivity contribution >= 4 is 5.91 Å². The van der Waals surface area contributed by atoms with Gasteiger partial charge in [0, 0.05) is 19.5 Å². The summed E-state index contributed by atoms with van der Waals surface area (Å²) < 4.78 is 36.0. The number of carbonyl (C=O) groups is 1. The summed E-state index contributed by atoms with van der Waals surface area (Å²) >= 11 is 0. The van der Waals surface area contributed by atoms with Crippen molar-refractivity contribution in [2.45, 2.75) is 20.0 Å². The van der Waals surface area contributed by atoms with Gasteiger partial charge in [-0.05, 0) is 19.1 Å². The molecule has 0 saturated heterocycles. The molecule has 0 aliphatic carbocycles. The predicted octanol–water partition coefficient (Wildman–Crippen LogP) is 1.74. The number of ether oxygens (including phenoxy) is 1. The fourth-order valence-electron chi connectivity index (χ4n) is 1.85. The Morgan fingerprint density at radius 1 is 1.39 bits per heavy atom. The molecule has 0 aliphatic heterocycles. The first-order chi connectivity index (χ1) is 10.9. The summed E-state index contributed by atoms with van der Waals surface area (Å²) in [6.45, 7) is 2.96. The molecule has 0 spiro atoms. The van der Waals surface area contributed by atoms with Crippen LogP contribution in [0.15, 0.2) is 22.6 Å². The van der Waals surface area contributed by atoms with Gasteiger partial charge in [0.05, 0.1) is 5.69 Å². The molecule has 2 rings (SSSR count). The van der Waals surface area contributed by atoms with Gasteiger partial charge in [0.1, 0.15) is 18.5 Å². The SMILES string of the molecule is Cc1nc(C)c(C(=O)NCC(O)COc2ccc(F)c(F)c2)o1. The molecule has 1 atom stereocenters. The van der Waals surface area contributed by atoms with Crippen molar-refractivity contribution in [3.8, 4) is 5.75 Å². The Balaban J connectivity index is 1.80. The number of nitrogens with zero attached hydrogens (tertiary/aromatic N) is 1. The molecule has 0 radical (unpaired) electrons. The van der Waals surface area contributed by atoms with E-state index in [0.717, 1.165) is 12.1 Å². The molecular formula is C15H16F2N2O4. The largest absolute Gasteiger partial charge is 0.491 e. The monoisotopic (exact) mass is 326 g/mol. The first-order valence-electron chi connectivity index (χ1n) is 6.85. The van der Waals surface area contributed by atoms with Gasteiger partial charge < -0.3 is 19.6 Å². The molecule has 2 aromatic rings. The zero-order valence-corrected chi connectivity index (χ0v) is 12.6. The maximum atomic E-state index is 13.0. The molecule has 0 bridgehead atoms. The number of amides is 1. The van der Waals surface area contributed by atoms with Crippen LogP contribution in [0.2, 0.25) is 0 Å². The fourth-order valence-corrected chi connectivity index (χ4v) is 1.85. The summed E-state index contributed by atoms with van der Waals surface area (Å²) in [5.41, 5.74) is 0.451. The van der Waals surface area contributed by atoms with Crippen LogP contribution < -0.4 is 10.1 Å². The molecule has 6 nitrogen and oxygen atoms in total. The van der Waals surface area contributed by atoms with Crippen LogP contribution >= 0.6 is 0 Å². The average Bonchev–Trinajstić information content (AvgIpc) is 2.84. The highest BCUT2D eigenvalue weighted by atomic mass is 19.2. The average molecular weight is 326 g/mol. The Bertz CT molecular complexity index is 703. The van der Waals surface area contributed by atoms with Crippen LogP contribution in [0, 0.1) is 25.5 Å². The van der Waals surface area contributed by atoms with Crippen LogP contribution in [0.25, 0.3) is 0 Å². The molecule has 8 heteroatoms. The number of oxazole rings is 1. The number of hydrogen-bond donors (Lipinski definition) is 2. The van der Waals surface area contributed by atoms with E-state index in [0.29, 0.717) is 11.6 Å². The predicted molar refractivity (Wildman–Crippen MR) is 76.2 cm³/mol. The molecule has 124 valence electrons. The van der Waals surface area contributed by atoms with Crippen LogP contribution in [0.5, 0.6) is 5.75 Å². The van der Waals surface area contributed by atoms with Crippen molar-refractivity contribution in [3.63, 3.8) is 0 Å². The van der Waals surface area contributed by atoms with Crippen LogP contribution in [0.4, 0.5) is 8.78 Å². The van der Waals surface area contributed by atoms with E-state index in [-0.39, 0.29) is 24.7 Å². The second kappa shape index (κ2) is 7.19. The lowest BCUT2D eigenvalue weighted by Crippen LogP contribution is -2.35. The Kier molecular flexibility index (Phi) is 5.28. The highest BCUT2D eigenvalue weighted by Gasteiger charge is 2.17. The molecule has 0 fully saturated rings. The van der Waals surface area contributed by atoms with Crippen molar-refractivity contribution in [1.29, 1.82) is 0 Å². The molecule has 1 aromatic heterocycles. The number of carbonyl (C=O) groups excluding carboxylic acids is 1. The summed E-state index contributed by atoms with van der Waals surface area (Å²) in [5.74, 6) is -2.00. The number of benzene rings is 1. The minimum absolute atomic E-state index is 0.0796. The smallest absolute Gasteiger partial charge is 0.289 e. The maximum Gasteiger partial charge on any atom is 0.289 e. The van der Waals surface area contributed by atoms with Gasteiger partial charge >= 0.3 is 0 Å². The van der Waals surface area contributed by atoms with Crippen LogP contribution in [-0.2, 0) is 0 Å². The number of nitrogens with one attached hydrogen (secondary N) is 1. The Hall–Kier alpha value is -2.48. The summed E-state index contributed by atoms with van der Waals surface area (Å²) in [6, 6.07) is 3.04. The van der Waals surface area contributed by atoms with E-state index in [1.165, 1.54) is 6.07 Å². The third kappa shape index (κ3) is 4.49. The zero-order valence-electron chi connectivity index (χ0n) is 12.6. The summed E-state index contributed by atoms with van der Waals surface area (Å²) in [7, 11) is 0. The standard InChI is InChI=1S/C15H16F2N2O4/c1-8-14(23-9(2)19-8)15(21)18-6-10(20)7-22-11-3-4-12(16)13(17)5-11/h3-5,10,20H,6-7H2,1-2H3,(H,18,21). The van der Waals surface area contributed by atoms with E-state index >= 15 is 0 Å². The van der Waals surface area contributed by atoms with E-state index in [1.807, 2.05) is 0 Å². The quantitative estimate of drug-likeness (QED) is 0.845. The molecule has 0 aliphatic rings. The summed E-state index contributed by atoms with van der Waals surface area (Å²) in [4.78, 5) is 15.8. The number of aromatic nitrogens is 1. The van der Waals surface area contributed by atoms with Gasteiger partial charge in [0.25, 0.3) is 5.91 Å². The molecule has 2 N–H and O–H groups in total. The highest BCUT2D eigenvalue weighted by molar-refractivity contribution is 5.92. The van der Waals surface area contributed by atoms with Gasteiger partial charge in [0.15, 0.2) is 17.5 Å². The first kappa shape index (κ1) is 16.9. The van der Waals surface area contributed by atoms with Crippen molar-refractivity contribution in [3.05, 3.63) is 47.2 Å². The van der Waals surface area contributed by atoms with E-state index < -0.39 is 23.6 Å². The van der Waals surface area contributed by atoms with E-state index in [2.05, 4.69) is 10.3 Å². The number of hydrogen-bond acceptors (Lipinski definition) is 5.